The van der Waals surface area contributed by atoms with Crippen molar-refractivity contribution in [3.63, 3.8) is 0 Å². The van der Waals surface area contributed by atoms with Crippen LogP contribution in [0.25, 0.3) is 0 Å². The van der Waals surface area contributed by atoms with E-state index in [-0.39, 0.29) is 23.8 Å². The maximum Gasteiger partial charge on any atom is 0.306 e. The van der Waals surface area contributed by atoms with Crippen LogP contribution in [0, 0.1) is 18.8 Å². The Morgan fingerprint density at radius 2 is 2.18 bits per heavy atom. The van der Waals surface area contributed by atoms with Crippen molar-refractivity contribution in [1.82, 2.24) is 14.7 Å². The molecule has 3 atom stereocenters. The molecule has 2 fully saturated rings. The van der Waals surface area contributed by atoms with Crippen LogP contribution in [0.4, 0.5) is 0 Å². The lowest BCUT2D eigenvalue weighted by Gasteiger charge is -2.41. The number of likely N-dealkylation sites (tertiary alicyclic amines) is 1. The third-order valence-electron chi connectivity index (χ3n) is 5.08. The molecule has 0 bridgehead atoms. The Kier molecular flexibility index (Phi) is 4.18. The number of aliphatic carboxylic acids is 1. The van der Waals surface area contributed by atoms with Crippen LogP contribution in [-0.4, -0.2) is 44.3 Å². The van der Waals surface area contributed by atoms with Crippen LogP contribution in [0.3, 0.4) is 0 Å². The van der Waals surface area contributed by atoms with Crippen molar-refractivity contribution in [2.75, 3.05) is 6.54 Å². The number of aryl methyl sites for hydroxylation is 2. The molecule has 1 saturated heterocycles. The lowest BCUT2D eigenvalue weighted by molar-refractivity contribution is -0.151. The van der Waals surface area contributed by atoms with Crippen LogP contribution in [-0.2, 0) is 16.1 Å². The van der Waals surface area contributed by atoms with Crippen molar-refractivity contribution in [3.8, 4) is 0 Å². The number of nitrogens with zero attached hydrogens (tertiary/aromatic N) is 3. The maximum atomic E-state index is 12.5. The van der Waals surface area contributed by atoms with Gasteiger partial charge in [-0.15, -0.1) is 0 Å². The van der Waals surface area contributed by atoms with Gasteiger partial charge in [-0.1, -0.05) is 6.42 Å². The van der Waals surface area contributed by atoms with Gasteiger partial charge in [0.1, 0.15) is 0 Å². The van der Waals surface area contributed by atoms with Gasteiger partial charge in [0.25, 0.3) is 0 Å². The number of carbonyl (C=O) groups excluding carboxylic acids is 1. The van der Waals surface area contributed by atoms with E-state index in [1.54, 1.807) is 10.9 Å². The normalized spacial score (nSPS) is 27.7. The number of rotatable bonds is 4. The van der Waals surface area contributed by atoms with Crippen molar-refractivity contribution in [2.45, 2.75) is 51.6 Å². The number of amides is 1. The Bertz CT molecular complexity index is 569. The largest absolute Gasteiger partial charge is 0.481 e. The number of carboxylic acid groups (broad SMARTS) is 1. The van der Waals surface area contributed by atoms with Crippen LogP contribution < -0.4 is 0 Å². The van der Waals surface area contributed by atoms with Crippen molar-refractivity contribution >= 4 is 11.9 Å². The molecule has 3 rings (SSSR count). The number of hydrogen-bond donors (Lipinski definition) is 1. The topological polar surface area (TPSA) is 75.4 Å². The zero-order valence-electron chi connectivity index (χ0n) is 12.9. The molecule has 6 heteroatoms. The lowest BCUT2D eigenvalue weighted by Crippen LogP contribution is -2.51. The molecule has 22 heavy (non-hydrogen) atoms. The molecule has 120 valence electrons. The lowest BCUT2D eigenvalue weighted by atomic mass is 9.81. The van der Waals surface area contributed by atoms with Gasteiger partial charge in [0, 0.05) is 31.7 Å². The molecule has 1 aliphatic heterocycles. The van der Waals surface area contributed by atoms with E-state index in [9.17, 15) is 14.7 Å². The van der Waals surface area contributed by atoms with Gasteiger partial charge >= 0.3 is 5.97 Å². The fraction of sp³-hybridized carbons (Fsp3) is 0.688. The van der Waals surface area contributed by atoms with E-state index in [0.29, 0.717) is 25.9 Å². The first-order valence-electron chi connectivity index (χ1n) is 8.07. The zero-order valence-corrected chi connectivity index (χ0v) is 12.9. The molecule has 1 aliphatic carbocycles. The summed E-state index contributed by atoms with van der Waals surface area (Å²) < 4.78 is 1.80. The minimum atomic E-state index is -0.698. The van der Waals surface area contributed by atoms with Gasteiger partial charge in [-0.05, 0) is 37.7 Å². The number of piperidine rings is 1. The zero-order chi connectivity index (χ0) is 15.7. The highest BCUT2D eigenvalue weighted by Crippen LogP contribution is 2.40. The Morgan fingerprint density at radius 1 is 1.36 bits per heavy atom. The maximum absolute atomic E-state index is 12.5. The van der Waals surface area contributed by atoms with E-state index < -0.39 is 5.97 Å². The Hall–Kier alpha value is -1.85. The molecule has 3 unspecified atom stereocenters. The summed E-state index contributed by atoms with van der Waals surface area (Å²) in [6, 6.07) is 0.127. The average molecular weight is 305 g/mol. The summed E-state index contributed by atoms with van der Waals surface area (Å²) in [6.45, 7) is 3.14. The van der Waals surface area contributed by atoms with Gasteiger partial charge in [-0.25, -0.2) is 0 Å². The molecule has 1 amide bonds. The smallest absolute Gasteiger partial charge is 0.306 e. The highest BCUT2D eigenvalue weighted by Gasteiger charge is 2.45. The van der Waals surface area contributed by atoms with Gasteiger partial charge in [-0.3, -0.25) is 14.3 Å². The molecule has 2 aliphatic rings. The van der Waals surface area contributed by atoms with Gasteiger partial charge in [0.05, 0.1) is 12.1 Å². The van der Waals surface area contributed by atoms with E-state index in [4.69, 9.17) is 0 Å². The molecule has 1 aromatic heterocycles. The minimum Gasteiger partial charge on any atom is -0.481 e. The third-order valence-corrected chi connectivity index (χ3v) is 5.08. The van der Waals surface area contributed by atoms with Gasteiger partial charge in [0.2, 0.25) is 5.91 Å². The molecule has 2 heterocycles. The molecule has 0 aromatic carbocycles. The van der Waals surface area contributed by atoms with E-state index in [0.717, 1.165) is 24.8 Å². The van der Waals surface area contributed by atoms with Crippen LogP contribution in [0.5, 0.6) is 0 Å². The number of hydrogen-bond acceptors (Lipinski definition) is 3. The molecule has 1 saturated carbocycles. The first-order chi connectivity index (χ1) is 10.6. The molecule has 0 spiro atoms. The number of aromatic nitrogens is 2. The summed E-state index contributed by atoms with van der Waals surface area (Å²) in [6.07, 6.45) is 7.65. The van der Waals surface area contributed by atoms with Crippen LogP contribution in [0.2, 0.25) is 0 Å². The average Bonchev–Trinajstić information content (AvgIpc) is 3.12. The Morgan fingerprint density at radius 3 is 2.86 bits per heavy atom. The standard InChI is InChI=1S/C16H23N3O3/c1-11-9-17-18(10-11)7-6-15(20)19-8-5-13(16(21)22)12-3-2-4-14(12)19/h9-10,12-14H,2-8H2,1H3,(H,21,22). The van der Waals surface area contributed by atoms with E-state index in [1.807, 2.05) is 18.0 Å². The summed E-state index contributed by atoms with van der Waals surface area (Å²) in [4.78, 5) is 25.8. The number of fused-ring (bicyclic) bond motifs is 1. The Balaban J connectivity index is 1.62. The van der Waals surface area contributed by atoms with E-state index in [1.165, 1.54) is 0 Å². The predicted octanol–water partition coefficient (Wildman–Crippen LogP) is 1.68. The molecule has 6 nitrogen and oxygen atoms in total. The summed E-state index contributed by atoms with van der Waals surface area (Å²) in [5.74, 6) is -0.697. The van der Waals surface area contributed by atoms with Crippen LogP contribution in [0.1, 0.15) is 37.7 Å². The second kappa shape index (κ2) is 6.10. The summed E-state index contributed by atoms with van der Waals surface area (Å²) in [5.41, 5.74) is 1.09. The molecule has 1 N–H and O–H groups in total. The van der Waals surface area contributed by atoms with Crippen LogP contribution >= 0.6 is 0 Å². The molecule has 1 aromatic rings. The van der Waals surface area contributed by atoms with Crippen molar-refractivity contribution in [3.05, 3.63) is 18.0 Å². The van der Waals surface area contributed by atoms with Gasteiger partial charge in [-0.2, -0.15) is 5.10 Å². The highest BCUT2D eigenvalue weighted by molar-refractivity contribution is 5.77. The number of carbonyl (C=O) groups is 2. The second-order valence-electron chi connectivity index (χ2n) is 6.51. The Labute approximate surface area is 130 Å². The first-order valence-corrected chi connectivity index (χ1v) is 8.07. The predicted molar refractivity (Wildman–Crippen MR) is 80.2 cm³/mol. The molecule has 0 radical (unpaired) electrons. The summed E-state index contributed by atoms with van der Waals surface area (Å²) in [7, 11) is 0. The number of carboxylic acids is 1. The molecular weight excluding hydrogens is 282 g/mol. The summed E-state index contributed by atoms with van der Waals surface area (Å²) >= 11 is 0. The highest BCUT2D eigenvalue weighted by atomic mass is 16.4. The fourth-order valence-electron chi connectivity index (χ4n) is 4.04. The third kappa shape index (κ3) is 2.87. The second-order valence-corrected chi connectivity index (χ2v) is 6.51. The van der Waals surface area contributed by atoms with Gasteiger partial charge in [0.15, 0.2) is 0 Å². The van der Waals surface area contributed by atoms with E-state index in [2.05, 4.69) is 5.10 Å². The first kappa shape index (κ1) is 15.1. The van der Waals surface area contributed by atoms with Crippen molar-refractivity contribution in [1.29, 1.82) is 0 Å². The minimum absolute atomic E-state index is 0.127. The molecular formula is C16H23N3O3. The quantitative estimate of drug-likeness (QED) is 0.918. The van der Waals surface area contributed by atoms with Crippen molar-refractivity contribution < 1.29 is 14.7 Å². The van der Waals surface area contributed by atoms with Gasteiger partial charge < -0.3 is 10.0 Å². The SMILES string of the molecule is Cc1cnn(CCC(=O)N2CCC(C(=O)O)C3CCCC32)c1. The van der Waals surface area contributed by atoms with Crippen LogP contribution in [0.15, 0.2) is 12.4 Å². The summed E-state index contributed by atoms with van der Waals surface area (Å²) in [5, 5.41) is 13.6. The fourth-order valence-corrected chi connectivity index (χ4v) is 4.04. The van der Waals surface area contributed by atoms with E-state index >= 15 is 0 Å². The van der Waals surface area contributed by atoms with Crippen molar-refractivity contribution in [2.24, 2.45) is 11.8 Å². The monoisotopic (exact) mass is 305 g/mol.